The summed E-state index contributed by atoms with van der Waals surface area (Å²) in [6.45, 7) is 1.62. The number of nitrogens with zero attached hydrogens (tertiary/aromatic N) is 1. The van der Waals surface area contributed by atoms with E-state index in [-0.39, 0.29) is 6.54 Å². The van der Waals surface area contributed by atoms with Gasteiger partial charge in [-0.05, 0) is 36.1 Å². The fraction of sp³-hybridized carbons (Fsp3) is 0.500. The normalized spacial score (nSPS) is 15.5. The van der Waals surface area contributed by atoms with Gasteiger partial charge in [-0.1, -0.05) is 0 Å². The molecule has 5 heteroatoms. The Kier molecular flexibility index (Phi) is 4.27. The van der Waals surface area contributed by atoms with Crippen molar-refractivity contribution in [1.82, 2.24) is 4.90 Å². The minimum absolute atomic E-state index is 0.0995. The maximum Gasteiger partial charge on any atom is 0.317 e. The highest BCUT2D eigenvalue weighted by molar-refractivity contribution is 5.69. The molecule has 0 aromatic heterocycles. The van der Waals surface area contributed by atoms with Gasteiger partial charge in [0.05, 0.1) is 20.8 Å². The summed E-state index contributed by atoms with van der Waals surface area (Å²) in [7, 11) is 3.25. The predicted molar refractivity (Wildman–Crippen MR) is 71.0 cm³/mol. The maximum atomic E-state index is 10.8. The molecule has 1 N–H and O–H groups in total. The van der Waals surface area contributed by atoms with E-state index in [0.717, 1.165) is 37.4 Å². The third kappa shape index (κ3) is 3.17. The third-order valence-electron chi connectivity index (χ3n) is 3.46. The Morgan fingerprint density at radius 3 is 2.00 bits per heavy atom. The molecule has 1 aliphatic heterocycles. The number of benzene rings is 1. The first-order valence-corrected chi connectivity index (χ1v) is 6.32. The number of aliphatic carboxylic acids is 1. The van der Waals surface area contributed by atoms with Gasteiger partial charge in [0.2, 0.25) is 0 Å². The van der Waals surface area contributed by atoms with Crippen LogP contribution in [0.3, 0.4) is 0 Å². The lowest BCUT2D eigenvalue weighted by Gasteiger charge is -2.16. The molecule has 1 aromatic carbocycles. The predicted octanol–water partition coefficient (Wildman–Crippen LogP) is 1.19. The van der Waals surface area contributed by atoms with Gasteiger partial charge in [-0.25, -0.2) is 0 Å². The zero-order chi connectivity index (χ0) is 13.8. The summed E-state index contributed by atoms with van der Waals surface area (Å²) in [6, 6.07) is 4.00. The van der Waals surface area contributed by atoms with Crippen molar-refractivity contribution >= 4 is 5.97 Å². The lowest BCUT2D eigenvalue weighted by Crippen LogP contribution is -2.31. The van der Waals surface area contributed by atoms with Gasteiger partial charge < -0.3 is 14.6 Å². The quantitative estimate of drug-likeness (QED) is 0.886. The van der Waals surface area contributed by atoms with Crippen molar-refractivity contribution in [3.8, 4) is 11.5 Å². The SMILES string of the molecule is COc1cc2c(cc1OC)CCN(CC(=O)O)CC2. The number of carbonyl (C=O) groups is 1. The fourth-order valence-corrected chi connectivity index (χ4v) is 2.45. The van der Waals surface area contributed by atoms with Crippen LogP contribution in [0.1, 0.15) is 11.1 Å². The molecule has 0 saturated heterocycles. The first-order valence-electron chi connectivity index (χ1n) is 6.32. The number of rotatable bonds is 4. The van der Waals surface area contributed by atoms with E-state index >= 15 is 0 Å². The number of fused-ring (bicyclic) bond motifs is 1. The number of carboxylic acids is 1. The summed E-state index contributed by atoms with van der Waals surface area (Å²) in [4.78, 5) is 12.7. The van der Waals surface area contributed by atoms with Crippen LogP contribution in [-0.4, -0.2) is 49.8 Å². The number of methoxy groups -OCH3 is 2. The Labute approximate surface area is 112 Å². The third-order valence-corrected chi connectivity index (χ3v) is 3.46. The smallest absolute Gasteiger partial charge is 0.317 e. The molecule has 2 rings (SSSR count). The summed E-state index contributed by atoms with van der Waals surface area (Å²) in [5.74, 6) is 0.682. The molecule has 0 unspecified atom stereocenters. The van der Waals surface area contributed by atoms with Crippen LogP contribution in [0.15, 0.2) is 12.1 Å². The highest BCUT2D eigenvalue weighted by atomic mass is 16.5. The largest absolute Gasteiger partial charge is 0.493 e. The van der Waals surface area contributed by atoms with Crippen LogP contribution in [0.5, 0.6) is 11.5 Å². The lowest BCUT2D eigenvalue weighted by molar-refractivity contribution is -0.138. The fourth-order valence-electron chi connectivity index (χ4n) is 2.45. The van der Waals surface area contributed by atoms with Gasteiger partial charge in [0.1, 0.15) is 0 Å². The molecule has 0 atom stereocenters. The average molecular weight is 265 g/mol. The topological polar surface area (TPSA) is 59.0 Å². The highest BCUT2D eigenvalue weighted by Gasteiger charge is 2.18. The lowest BCUT2D eigenvalue weighted by atomic mass is 10.0. The molecular weight excluding hydrogens is 246 g/mol. The van der Waals surface area contributed by atoms with E-state index in [0.29, 0.717) is 0 Å². The first-order chi connectivity index (χ1) is 9.13. The number of carboxylic acid groups (broad SMARTS) is 1. The zero-order valence-corrected chi connectivity index (χ0v) is 11.3. The monoisotopic (exact) mass is 265 g/mol. The van der Waals surface area contributed by atoms with E-state index in [1.165, 1.54) is 11.1 Å². The van der Waals surface area contributed by atoms with E-state index in [4.69, 9.17) is 14.6 Å². The second-order valence-electron chi connectivity index (χ2n) is 4.65. The zero-order valence-electron chi connectivity index (χ0n) is 11.3. The number of hydrogen-bond donors (Lipinski definition) is 1. The summed E-state index contributed by atoms with van der Waals surface area (Å²) >= 11 is 0. The van der Waals surface area contributed by atoms with Crippen LogP contribution in [0.2, 0.25) is 0 Å². The van der Waals surface area contributed by atoms with E-state index in [1.54, 1.807) is 14.2 Å². The van der Waals surface area contributed by atoms with Crippen LogP contribution in [0.25, 0.3) is 0 Å². The molecule has 1 heterocycles. The Morgan fingerprint density at radius 1 is 1.16 bits per heavy atom. The van der Waals surface area contributed by atoms with Crippen molar-refractivity contribution in [3.63, 3.8) is 0 Å². The summed E-state index contributed by atoms with van der Waals surface area (Å²) in [5, 5.41) is 8.86. The molecule has 0 spiro atoms. The molecule has 0 bridgehead atoms. The Morgan fingerprint density at radius 2 is 1.63 bits per heavy atom. The molecule has 0 radical (unpaired) electrons. The molecule has 0 saturated carbocycles. The van der Waals surface area contributed by atoms with Gasteiger partial charge in [0.15, 0.2) is 11.5 Å². The highest BCUT2D eigenvalue weighted by Crippen LogP contribution is 2.32. The van der Waals surface area contributed by atoms with Gasteiger partial charge in [0, 0.05) is 13.1 Å². The Hall–Kier alpha value is -1.75. The Bertz CT molecular complexity index is 438. The average Bonchev–Trinajstić information content (AvgIpc) is 2.59. The van der Waals surface area contributed by atoms with Gasteiger partial charge in [-0.2, -0.15) is 0 Å². The van der Waals surface area contributed by atoms with Crippen molar-refractivity contribution in [2.24, 2.45) is 0 Å². The Balaban J connectivity index is 2.20. The molecule has 0 amide bonds. The van der Waals surface area contributed by atoms with Crippen molar-refractivity contribution < 1.29 is 19.4 Å². The molecule has 19 heavy (non-hydrogen) atoms. The van der Waals surface area contributed by atoms with Gasteiger partial charge in [-0.15, -0.1) is 0 Å². The summed E-state index contributed by atoms with van der Waals surface area (Å²) in [5.41, 5.74) is 2.43. The van der Waals surface area contributed by atoms with Gasteiger partial charge in [0.25, 0.3) is 0 Å². The first kappa shape index (κ1) is 13.7. The molecule has 1 aliphatic rings. The van der Waals surface area contributed by atoms with Crippen LogP contribution < -0.4 is 9.47 Å². The van der Waals surface area contributed by atoms with Gasteiger partial charge in [-0.3, -0.25) is 9.69 Å². The maximum absolute atomic E-state index is 10.8. The summed E-state index contributed by atoms with van der Waals surface area (Å²) < 4.78 is 10.6. The minimum atomic E-state index is -0.777. The second kappa shape index (κ2) is 5.93. The molecular formula is C14H19NO4. The molecule has 104 valence electrons. The summed E-state index contributed by atoms with van der Waals surface area (Å²) in [6.07, 6.45) is 1.67. The van der Waals surface area contributed by atoms with Crippen LogP contribution in [0, 0.1) is 0 Å². The second-order valence-corrected chi connectivity index (χ2v) is 4.65. The van der Waals surface area contributed by atoms with Crippen molar-refractivity contribution in [2.45, 2.75) is 12.8 Å². The molecule has 0 fully saturated rings. The van der Waals surface area contributed by atoms with Gasteiger partial charge >= 0.3 is 5.97 Å². The van der Waals surface area contributed by atoms with E-state index in [1.807, 2.05) is 17.0 Å². The van der Waals surface area contributed by atoms with Crippen LogP contribution >= 0.6 is 0 Å². The van der Waals surface area contributed by atoms with Crippen LogP contribution in [-0.2, 0) is 17.6 Å². The molecule has 1 aromatic rings. The van der Waals surface area contributed by atoms with E-state index in [9.17, 15) is 4.79 Å². The van der Waals surface area contributed by atoms with Crippen molar-refractivity contribution in [1.29, 1.82) is 0 Å². The minimum Gasteiger partial charge on any atom is -0.493 e. The molecule has 0 aliphatic carbocycles. The standard InChI is InChI=1S/C14H19NO4/c1-18-12-7-10-3-5-15(9-14(16)17)6-4-11(10)8-13(12)19-2/h7-8H,3-6,9H2,1-2H3,(H,16,17). The molecule has 5 nitrogen and oxygen atoms in total. The van der Waals surface area contributed by atoms with Crippen LogP contribution in [0.4, 0.5) is 0 Å². The number of ether oxygens (including phenoxy) is 2. The van der Waals surface area contributed by atoms with E-state index in [2.05, 4.69) is 0 Å². The number of hydrogen-bond acceptors (Lipinski definition) is 4. The van der Waals surface area contributed by atoms with Crippen molar-refractivity contribution in [2.75, 3.05) is 33.9 Å². The van der Waals surface area contributed by atoms with E-state index < -0.39 is 5.97 Å². The van der Waals surface area contributed by atoms with Crippen molar-refractivity contribution in [3.05, 3.63) is 23.3 Å².